The summed E-state index contributed by atoms with van der Waals surface area (Å²) < 4.78 is 22.0. The van der Waals surface area contributed by atoms with Crippen molar-refractivity contribution in [1.29, 1.82) is 0 Å². The lowest BCUT2D eigenvalue weighted by Gasteiger charge is -2.18. The minimum Gasteiger partial charge on any atom is -0.493 e. The fourth-order valence-corrected chi connectivity index (χ4v) is 3.89. The van der Waals surface area contributed by atoms with Crippen molar-refractivity contribution in [1.82, 2.24) is 9.97 Å². The summed E-state index contributed by atoms with van der Waals surface area (Å²) in [7, 11) is 2.61. The summed E-state index contributed by atoms with van der Waals surface area (Å²) in [6.07, 6.45) is 0. The molecule has 0 aliphatic carbocycles. The molecular weight excluding hydrogens is 504 g/mol. The van der Waals surface area contributed by atoms with Crippen LogP contribution in [0.25, 0.3) is 21.8 Å². The van der Waals surface area contributed by atoms with Gasteiger partial charge >= 0.3 is 11.9 Å². The van der Waals surface area contributed by atoms with E-state index in [2.05, 4.69) is 25.9 Å². The van der Waals surface area contributed by atoms with Crippen LogP contribution in [0.1, 0.15) is 54.2 Å². The van der Waals surface area contributed by atoms with Gasteiger partial charge in [0.15, 0.2) is 11.4 Å². The predicted octanol–water partition coefficient (Wildman–Crippen LogP) is 5.32. The number of hydrogen-bond donors (Lipinski definition) is 0. The standard InChI is InChI=1S/C25H29BrN2O6/c1-13(2)11-33-20-8-18(24(29)31-5)27-22-15(20)7-16-21(34-12-14(3)4)9-19(25(30)32-6)28-23(16)17(22)10-26/h7-9,13-14H,10-12H2,1-6H3. The number of fused-ring (bicyclic) bond motifs is 2. The monoisotopic (exact) mass is 532 g/mol. The Morgan fingerprint density at radius 2 is 1.21 bits per heavy atom. The number of methoxy groups -OCH3 is 2. The number of esters is 2. The van der Waals surface area contributed by atoms with Gasteiger partial charge in [-0.2, -0.15) is 0 Å². The van der Waals surface area contributed by atoms with Crippen LogP contribution >= 0.6 is 15.9 Å². The van der Waals surface area contributed by atoms with Gasteiger partial charge in [0.2, 0.25) is 0 Å². The van der Waals surface area contributed by atoms with Gasteiger partial charge in [0.25, 0.3) is 0 Å². The molecule has 9 heteroatoms. The summed E-state index contributed by atoms with van der Waals surface area (Å²) in [5, 5.41) is 1.78. The Balaban J connectivity index is 2.41. The number of rotatable bonds is 9. The zero-order valence-corrected chi connectivity index (χ0v) is 21.8. The Kier molecular flexibility index (Phi) is 8.30. The van der Waals surface area contributed by atoms with E-state index in [9.17, 15) is 9.59 Å². The molecule has 0 atom stereocenters. The lowest BCUT2D eigenvalue weighted by Crippen LogP contribution is -2.11. The summed E-state index contributed by atoms with van der Waals surface area (Å²) in [6.45, 7) is 9.08. The summed E-state index contributed by atoms with van der Waals surface area (Å²) in [6, 6.07) is 5.06. The highest BCUT2D eigenvalue weighted by Gasteiger charge is 2.22. The fraction of sp³-hybridized carbons (Fsp3) is 0.440. The van der Waals surface area contributed by atoms with E-state index in [0.717, 1.165) is 0 Å². The van der Waals surface area contributed by atoms with Crippen LogP contribution in [-0.2, 0) is 14.8 Å². The molecule has 182 valence electrons. The molecule has 0 fully saturated rings. The molecule has 3 rings (SSSR count). The number of hydrogen-bond acceptors (Lipinski definition) is 8. The van der Waals surface area contributed by atoms with Crippen LogP contribution in [0.4, 0.5) is 0 Å². The van der Waals surface area contributed by atoms with Crippen molar-refractivity contribution in [2.75, 3.05) is 27.4 Å². The summed E-state index contributed by atoms with van der Waals surface area (Å²) in [5.41, 5.74) is 1.98. The number of aromatic nitrogens is 2. The van der Waals surface area contributed by atoms with Crippen LogP contribution in [0.3, 0.4) is 0 Å². The quantitative estimate of drug-likeness (QED) is 0.207. The Morgan fingerprint density at radius 1 is 0.794 bits per heavy atom. The van der Waals surface area contributed by atoms with Crippen LogP contribution in [0.2, 0.25) is 0 Å². The highest BCUT2D eigenvalue weighted by Crippen LogP contribution is 2.38. The van der Waals surface area contributed by atoms with E-state index in [4.69, 9.17) is 18.9 Å². The van der Waals surface area contributed by atoms with E-state index < -0.39 is 11.9 Å². The molecule has 0 bridgehead atoms. The molecule has 1 aromatic carbocycles. The van der Waals surface area contributed by atoms with Crippen molar-refractivity contribution >= 4 is 49.7 Å². The largest absolute Gasteiger partial charge is 0.493 e. The molecule has 0 saturated carbocycles. The number of halogens is 1. The molecule has 8 nitrogen and oxygen atoms in total. The zero-order valence-electron chi connectivity index (χ0n) is 20.2. The van der Waals surface area contributed by atoms with Gasteiger partial charge in [0.05, 0.1) is 38.5 Å². The third kappa shape index (κ3) is 5.41. The minimum atomic E-state index is -0.575. The lowest BCUT2D eigenvalue weighted by atomic mass is 10.0. The Morgan fingerprint density at radius 3 is 1.53 bits per heavy atom. The SMILES string of the molecule is COC(=O)c1cc(OCC(C)C)c2cc3c(OCC(C)C)cc(C(=O)OC)nc3c(CBr)c2n1. The first-order valence-corrected chi connectivity index (χ1v) is 12.1. The Bertz CT molecular complexity index is 1140. The van der Waals surface area contributed by atoms with Crippen molar-refractivity contribution in [2.24, 2.45) is 11.8 Å². The molecule has 2 aromatic heterocycles. The van der Waals surface area contributed by atoms with Gasteiger partial charge in [-0.3, -0.25) is 0 Å². The smallest absolute Gasteiger partial charge is 0.356 e. The first kappa shape index (κ1) is 25.7. The van der Waals surface area contributed by atoms with Gasteiger partial charge in [-0.05, 0) is 17.9 Å². The van der Waals surface area contributed by atoms with Crippen LogP contribution in [0, 0.1) is 11.8 Å². The molecule has 0 amide bonds. The van der Waals surface area contributed by atoms with Gasteiger partial charge < -0.3 is 18.9 Å². The number of carbonyl (C=O) groups excluding carboxylic acids is 2. The van der Waals surface area contributed by atoms with E-state index in [1.807, 2.05) is 33.8 Å². The molecule has 0 unspecified atom stereocenters. The molecule has 0 saturated heterocycles. The second-order valence-corrected chi connectivity index (χ2v) is 9.25. The highest BCUT2D eigenvalue weighted by molar-refractivity contribution is 9.08. The molecule has 2 heterocycles. The Hall–Kier alpha value is -2.94. The molecule has 0 radical (unpaired) electrons. The van der Waals surface area contributed by atoms with E-state index in [1.54, 1.807) is 12.1 Å². The van der Waals surface area contributed by atoms with Gasteiger partial charge in [0.1, 0.15) is 11.5 Å². The molecular formula is C25H29BrN2O6. The minimum absolute atomic E-state index is 0.121. The van der Waals surface area contributed by atoms with E-state index in [0.29, 0.717) is 57.4 Å². The maximum absolute atomic E-state index is 12.3. The number of alkyl halides is 1. The van der Waals surface area contributed by atoms with Crippen LogP contribution in [0.5, 0.6) is 11.5 Å². The molecule has 0 aliphatic rings. The Labute approximate surface area is 207 Å². The van der Waals surface area contributed by atoms with Gasteiger partial charge in [-0.25, -0.2) is 19.6 Å². The van der Waals surface area contributed by atoms with Crippen molar-refractivity contribution in [3.05, 3.63) is 35.2 Å². The number of ether oxygens (including phenoxy) is 4. The third-order valence-corrected chi connectivity index (χ3v) is 5.53. The van der Waals surface area contributed by atoms with E-state index >= 15 is 0 Å². The van der Waals surface area contributed by atoms with Gasteiger partial charge in [-0.15, -0.1) is 0 Å². The fourth-order valence-electron chi connectivity index (χ4n) is 3.36. The summed E-state index contributed by atoms with van der Waals surface area (Å²) in [4.78, 5) is 33.8. The van der Waals surface area contributed by atoms with Crippen molar-refractivity contribution in [3.8, 4) is 11.5 Å². The second kappa shape index (κ2) is 11.0. The number of benzene rings is 1. The van der Waals surface area contributed by atoms with E-state index in [-0.39, 0.29) is 23.2 Å². The molecule has 3 aromatic rings. The van der Waals surface area contributed by atoms with Crippen LogP contribution in [0.15, 0.2) is 18.2 Å². The molecule has 34 heavy (non-hydrogen) atoms. The maximum atomic E-state index is 12.3. The zero-order chi connectivity index (χ0) is 25.0. The summed E-state index contributed by atoms with van der Waals surface area (Å²) >= 11 is 3.54. The molecule has 0 spiro atoms. The van der Waals surface area contributed by atoms with Crippen molar-refractivity contribution in [3.63, 3.8) is 0 Å². The number of nitrogens with zero attached hydrogens (tertiary/aromatic N) is 2. The van der Waals surface area contributed by atoms with Crippen LogP contribution in [-0.4, -0.2) is 49.3 Å². The topological polar surface area (TPSA) is 96.8 Å². The van der Waals surface area contributed by atoms with Gasteiger partial charge in [0, 0.05) is 33.8 Å². The average molecular weight is 533 g/mol. The maximum Gasteiger partial charge on any atom is 0.356 e. The van der Waals surface area contributed by atoms with Crippen LogP contribution < -0.4 is 9.47 Å². The predicted molar refractivity (Wildman–Crippen MR) is 133 cm³/mol. The highest BCUT2D eigenvalue weighted by atomic mass is 79.9. The van der Waals surface area contributed by atoms with E-state index in [1.165, 1.54) is 14.2 Å². The van der Waals surface area contributed by atoms with Crippen molar-refractivity contribution in [2.45, 2.75) is 33.0 Å². The van der Waals surface area contributed by atoms with Gasteiger partial charge in [-0.1, -0.05) is 43.6 Å². The molecule has 0 N–H and O–H groups in total. The average Bonchev–Trinajstić information content (AvgIpc) is 2.82. The lowest BCUT2D eigenvalue weighted by molar-refractivity contribution is 0.0585. The first-order chi connectivity index (χ1) is 16.2. The number of carbonyl (C=O) groups is 2. The van der Waals surface area contributed by atoms with Crippen molar-refractivity contribution < 1.29 is 28.5 Å². The normalized spacial score (nSPS) is 11.3. The second-order valence-electron chi connectivity index (χ2n) is 8.69. The first-order valence-electron chi connectivity index (χ1n) is 11.0. The third-order valence-electron chi connectivity index (χ3n) is 4.97. The molecule has 0 aliphatic heterocycles. The number of pyridine rings is 2. The summed E-state index contributed by atoms with van der Waals surface area (Å²) in [5.74, 6) is 0.415.